The molecule has 15 heteroatoms. The summed E-state index contributed by atoms with van der Waals surface area (Å²) in [4.78, 5) is 3.62. The third kappa shape index (κ3) is 8.05. The third-order valence-electron chi connectivity index (χ3n) is 4.70. The lowest BCUT2D eigenvalue weighted by atomic mass is 10.2. The molecule has 7 nitrogen and oxygen atoms in total. The van der Waals surface area contributed by atoms with Crippen LogP contribution in [0, 0.1) is 0 Å². The summed E-state index contributed by atoms with van der Waals surface area (Å²) in [6.45, 7) is -3.29. The Kier molecular flexibility index (Phi) is 8.41. The molecule has 4 rings (SSSR count). The summed E-state index contributed by atoms with van der Waals surface area (Å²) < 4.78 is 92.7. The van der Waals surface area contributed by atoms with E-state index >= 15 is 0 Å². The topological polar surface area (TPSA) is 75.2 Å². The summed E-state index contributed by atoms with van der Waals surface area (Å²) in [6.07, 6.45) is -7.94. The molecule has 38 heavy (non-hydrogen) atoms. The maximum atomic E-state index is 12.7. The first-order chi connectivity index (χ1) is 17.9. The zero-order valence-electron chi connectivity index (χ0n) is 19.1. The van der Waals surface area contributed by atoms with E-state index < -0.39 is 37.3 Å². The van der Waals surface area contributed by atoms with Crippen LogP contribution >= 0.6 is 23.4 Å². The number of ether oxygens (including phenoxy) is 2. The van der Waals surface area contributed by atoms with Gasteiger partial charge in [-0.3, -0.25) is 4.57 Å². The number of halogens is 7. The van der Waals surface area contributed by atoms with Crippen molar-refractivity contribution in [2.45, 2.75) is 29.8 Å². The summed E-state index contributed by atoms with van der Waals surface area (Å²) >= 11 is 7.24. The SMILES string of the molecule is FC(F)(F)COc1cc(-c2nnc(SCc3ccc(Cl)cc3)n2Cc2ccco2)cc(OCC(F)(F)F)n1. The largest absolute Gasteiger partial charge is 0.468 e. The molecule has 202 valence electrons. The van der Waals surface area contributed by atoms with E-state index in [0.29, 0.717) is 21.7 Å². The van der Waals surface area contributed by atoms with Gasteiger partial charge in [0.2, 0.25) is 11.8 Å². The molecule has 0 unspecified atom stereocenters. The van der Waals surface area contributed by atoms with Crippen molar-refractivity contribution < 1.29 is 40.2 Å². The summed E-state index contributed by atoms with van der Waals surface area (Å²) in [5.41, 5.74) is 1.01. The zero-order chi connectivity index (χ0) is 27.3. The average molecular weight is 579 g/mol. The number of thioether (sulfide) groups is 1. The van der Waals surface area contributed by atoms with Crippen molar-refractivity contribution in [2.75, 3.05) is 13.2 Å². The highest BCUT2D eigenvalue weighted by molar-refractivity contribution is 7.98. The predicted molar refractivity (Wildman–Crippen MR) is 125 cm³/mol. The molecule has 0 saturated heterocycles. The number of nitrogens with zero attached hydrogens (tertiary/aromatic N) is 4. The quantitative estimate of drug-likeness (QED) is 0.151. The van der Waals surface area contributed by atoms with Crippen LogP contribution in [0.15, 0.2) is 64.4 Å². The summed E-state index contributed by atoms with van der Waals surface area (Å²) in [6, 6.07) is 12.7. The molecule has 0 aliphatic carbocycles. The number of aromatic nitrogens is 4. The first-order valence-corrected chi connectivity index (χ1v) is 12.1. The van der Waals surface area contributed by atoms with Crippen molar-refractivity contribution in [3.05, 3.63) is 71.1 Å². The van der Waals surface area contributed by atoms with Gasteiger partial charge in [-0.05, 0) is 29.8 Å². The molecule has 0 aliphatic heterocycles. The van der Waals surface area contributed by atoms with Crippen molar-refractivity contribution in [3.63, 3.8) is 0 Å². The standard InChI is InChI=1S/C23H17ClF6N4O3S/c24-16-5-3-14(4-6-16)11-38-21-33-32-20(34(21)10-17-2-1-7-35-17)15-8-18(36-12-22(25,26)27)31-19(9-15)37-13-23(28,29)30/h1-9H,10-13H2. The molecular formula is C23H17ClF6N4O3S. The molecule has 3 aromatic heterocycles. The van der Waals surface area contributed by atoms with Crippen molar-refractivity contribution in [1.82, 2.24) is 19.7 Å². The summed E-state index contributed by atoms with van der Waals surface area (Å²) in [5.74, 6) is -0.0875. The number of furan rings is 1. The highest BCUT2D eigenvalue weighted by atomic mass is 35.5. The van der Waals surface area contributed by atoms with E-state index in [1.165, 1.54) is 18.0 Å². The molecular weight excluding hydrogens is 562 g/mol. The number of hydrogen-bond donors (Lipinski definition) is 0. The number of rotatable bonds is 10. The molecule has 3 heterocycles. The van der Waals surface area contributed by atoms with Gasteiger partial charge in [0.1, 0.15) is 5.76 Å². The van der Waals surface area contributed by atoms with Gasteiger partial charge in [-0.25, -0.2) is 0 Å². The van der Waals surface area contributed by atoms with Gasteiger partial charge in [0.25, 0.3) is 0 Å². The first kappa shape index (κ1) is 27.6. The van der Waals surface area contributed by atoms with E-state index in [0.717, 1.165) is 17.7 Å². The van der Waals surface area contributed by atoms with Gasteiger partial charge in [0.05, 0.1) is 12.8 Å². The lowest BCUT2D eigenvalue weighted by Gasteiger charge is -2.14. The highest BCUT2D eigenvalue weighted by Gasteiger charge is 2.31. The molecule has 0 N–H and O–H groups in total. The van der Waals surface area contributed by atoms with Crippen LogP contribution in [-0.2, 0) is 12.3 Å². The van der Waals surface area contributed by atoms with Crippen molar-refractivity contribution in [3.8, 4) is 23.1 Å². The lowest BCUT2D eigenvalue weighted by molar-refractivity contribution is -0.155. The Labute approximate surface area is 220 Å². The van der Waals surface area contributed by atoms with Crippen LogP contribution in [0.3, 0.4) is 0 Å². The fourth-order valence-electron chi connectivity index (χ4n) is 3.11. The van der Waals surface area contributed by atoms with Crippen molar-refractivity contribution in [2.24, 2.45) is 0 Å². The third-order valence-corrected chi connectivity index (χ3v) is 5.99. The highest BCUT2D eigenvalue weighted by Crippen LogP contribution is 2.32. The molecule has 0 atom stereocenters. The summed E-state index contributed by atoms with van der Waals surface area (Å²) in [7, 11) is 0. The molecule has 0 radical (unpaired) electrons. The Hall–Kier alpha value is -3.39. The lowest BCUT2D eigenvalue weighted by Crippen LogP contribution is -2.21. The molecule has 0 fully saturated rings. The molecule has 0 spiro atoms. The second-order valence-corrected chi connectivity index (χ2v) is 9.11. The van der Waals surface area contributed by atoms with E-state index in [1.54, 1.807) is 28.8 Å². The van der Waals surface area contributed by atoms with Gasteiger partial charge in [-0.15, -0.1) is 10.2 Å². The maximum absolute atomic E-state index is 12.7. The Morgan fingerprint density at radius 1 is 0.895 bits per heavy atom. The monoisotopic (exact) mass is 578 g/mol. The van der Waals surface area contributed by atoms with E-state index in [4.69, 9.17) is 16.0 Å². The van der Waals surface area contributed by atoms with Crippen LogP contribution in [-0.4, -0.2) is 45.3 Å². The second-order valence-electron chi connectivity index (χ2n) is 7.73. The van der Waals surface area contributed by atoms with Crippen LogP contribution < -0.4 is 9.47 Å². The van der Waals surface area contributed by atoms with Crippen molar-refractivity contribution >= 4 is 23.4 Å². The molecule has 0 amide bonds. The Balaban J connectivity index is 1.69. The van der Waals surface area contributed by atoms with Gasteiger partial charge >= 0.3 is 12.4 Å². The molecule has 0 bridgehead atoms. The van der Waals surface area contributed by atoms with Crippen LogP contribution in [0.4, 0.5) is 26.3 Å². The predicted octanol–water partition coefficient (Wildman–Crippen LogP) is 6.81. The molecule has 4 aromatic rings. The van der Waals surface area contributed by atoms with E-state index in [9.17, 15) is 26.3 Å². The molecule has 1 aromatic carbocycles. The van der Waals surface area contributed by atoms with Gasteiger partial charge in [0.15, 0.2) is 24.2 Å². The average Bonchev–Trinajstić information content (AvgIpc) is 3.51. The van der Waals surface area contributed by atoms with Gasteiger partial charge in [-0.1, -0.05) is 35.5 Å². The minimum Gasteiger partial charge on any atom is -0.468 e. The number of alkyl halides is 6. The van der Waals surface area contributed by atoms with Crippen molar-refractivity contribution in [1.29, 1.82) is 0 Å². The van der Waals surface area contributed by atoms with Crippen LogP contribution in [0.2, 0.25) is 5.02 Å². The van der Waals surface area contributed by atoms with Crippen LogP contribution in [0.5, 0.6) is 11.8 Å². The Morgan fingerprint density at radius 2 is 1.53 bits per heavy atom. The first-order valence-electron chi connectivity index (χ1n) is 10.7. The Morgan fingerprint density at radius 3 is 2.08 bits per heavy atom. The minimum absolute atomic E-state index is 0.0757. The number of benzene rings is 1. The van der Waals surface area contributed by atoms with Gasteiger partial charge in [0, 0.05) is 28.5 Å². The van der Waals surface area contributed by atoms with E-state index in [1.807, 2.05) is 12.1 Å². The maximum Gasteiger partial charge on any atom is 0.422 e. The van der Waals surface area contributed by atoms with Crippen LogP contribution in [0.25, 0.3) is 11.4 Å². The van der Waals surface area contributed by atoms with Crippen LogP contribution in [0.1, 0.15) is 11.3 Å². The Bertz CT molecular complexity index is 1310. The fraction of sp³-hybridized carbons (Fsp3) is 0.261. The number of hydrogen-bond acceptors (Lipinski definition) is 7. The second kappa shape index (κ2) is 11.6. The number of pyridine rings is 1. The fourth-order valence-corrected chi connectivity index (χ4v) is 4.13. The normalized spacial score (nSPS) is 12.1. The van der Waals surface area contributed by atoms with Gasteiger partial charge in [-0.2, -0.15) is 31.3 Å². The zero-order valence-corrected chi connectivity index (χ0v) is 20.7. The van der Waals surface area contributed by atoms with E-state index in [2.05, 4.69) is 24.7 Å². The van der Waals surface area contributed by atoms with Gasteiger partial charge < -0.3 is 13.9 Å². The molecule has 0 saturated carbocycles. The smallest absolute Gasteiger partial charge is 0.422 e. The minimum atomic E-state index is -4.70. The summed E-state index contributed by atoms with van der Waals surface area (Å²) in [5, 5.41) is 9.31. The van der Waals surface area contributed by atoms with E-state index in [-0.39, 0.29) is 17.9 Å². The molecule has 0 aliphatic rings.